The summed E-state index contributed by atoms with van der Waals surface area (Å²) < 4.78 is 4.93. The minimum atomic E-state index is -0.737. The predicted molar refractivity (Wildman–Crippen MR) is 86.2 cm³/mol. The highest BCUT2D eigenvalue weighted by Crippen LogP contribution is 2.17. The Bertz CT molecular complexity index is 732. The molecule has 2 heterocycles. The molecule has 23 heavy (non-hydrogen) atoms. The van der Waals surface area contributed by atoms with Crippen LogP contribution in [0.4, 0.5) is 5.69 Å². The molecule has 2 aromatic heterocycles. The number of anilines is 1. The third-order valence-corrected chi connectivity index (χ3v) is 3.11. The van der Waals surface area contributed by atoms with Gasteiger partial charge in [0, 0.05) is 30.5 Å². The smallest absolute Gasteiger partial charge is 0.343 e. The van der Waals surface area contributed by atoms with E-state index in [-0.39, 0.29) is 22.9 Å². The van der Waals surface area contributed by atoms with E-state index >= 15 is 0 Å². The molecule has 0 aliphatic carbocycles. The van der Waals surface area contributed by atoms with E-state index in [9.17, 15) is 9.59 Å². The molecule has 0 bridgehead atoms. The van der Waals surface area contributed by atoms with Crippen LogP contribution in [0.5, 0.6) is 0 Å². The number of carbonyl (C=O) groups excluding carboxylic acids is 2. The van der Waals surface area contributed by atoms with Crippen LogP contribution in [0.1, 0.15) is 17.3 Å². The van der Waals surface area contributed by atoms with E-state index in [1.807, 2.05) is 0 Å². The van der Waals surface area contributed by atoms with E-state index in [0.717, 1.165) is 0 Å². The first-order chi connectivity index (χ1) is 11.1. The first kappa shape index (κ1) is 16.6. The number of aromatic nitrogens is 2. The van der Waals surface area contributed by atoms with Crippen LogP contribution >= 0.6 is 11.6 Å². The van der Waals surface area contributed by atoms with E-state index in [2.05, 4.69) is 15.3 Å². The zero-order valence-corrected chi connectivity index (χ0v) is 13.1. The Balaban J connectivity index is 2.32. The maximum absolute atomic E-state index is 12.6. The summed E-state index contributed by atoms with van der Waals surface area (Å²) in [6.45, 7) is 1.81. The molecule has 0 radical (unpaired) electrons. The van der Waals surface area contributed by atoms with Crippen molar-refractivity contribution in [2.75, 3.05) is 11.9 Å². The molecular weight excluding hydrogens is 318 g/mol. The van der Waals surface area contributed by atoms with E-state index in [4.69, 9.17) is 16.3 Å². The Morgan fingerprint density at radius 2 is 2.00 bits per heavy atom. The largest absolute Gasteiger partial charge is 0.462 e. The van der Waals surface area contributed by atoms with Crippen LogP contribution in [-0.4, -0.2) is 28.3 Å². The lowest BCUT2D eigenvalue weighted by Gasteiger charge is -2.08. The SMILES string of the molecule is CCOC(=O)C(=CNc1ccncc1)C(=O)c1cccnc1Cl. The van der Waals surface area contributed by atoms with Crippen LogP contribution in [0, 0.1) is 0 Å². The van der Waals surface area contributed by atoms with Crippen molar-refractivity contribution in [3.63, 3.8) is 0 Å². The maximum Gasteiger partial charge on any atom is 0.343 e. The van der Waals surface area contributed by atoms with Gasteiger partial charge in [-0.05, 0) is 31.2 Å². The Kier molecular flexibility index (Phi) is 5.82. The number of rotatable bonds is 6. The molecule has 0 atom stereocenters. The summed E-state index contributed by atoms with van der Waals surface area (Å²) in [4.78, 5) is 32.3. The van der Waals surface area contributed by atoms with Crippen LogP contribution in [0.2, 0.25) is 5.15 Å². The van der Waals surface area contributed by atoms with Gasteiger partial charge in [-0.15, -0.1) is 0 Å². The topological polar surface area (TPSA) is 81.2 Å². The highest BCUT2D eigenvalue weighted by Gasteiger charge is 2.23. The van der Waals surface area contributed by atoms with Gasteiger partial charge in [0.1, 0.15) is 10.7 Å². The second kappa shape index (κ2) is 8.05. The molecule has 0 aliphatic rings. The normalized spacial score (nSPS) is 11.0. The van der Waals surface area contributed by atoms with E-state index in [1.165, 1.54) is 18.5 Å². The van der Waals surface area contributed by atoms with Crippen molar-refractivity contribution in [1.82, 2.24) is 9.97 Å². The summed E-state index contributed by atoms with van der Waals surface area (Å²) in [5, 5.41) is 2.89. The number of hydrogen-bond acceptors (Lipinski definition) is 6. The summed E-state index contributed by atoms with van der Waals surface area (Å²) in [5.41, 5.74) is 0.635. The van der Waals surface area contributed by atoms with Crippen molar-refractivity contribution >= 4 is 29.0 Å². The number of nitrogens with one attached hydrogen (secondary N) is 1. The van der Waals surface area contributed by atoms with Crippen molar-refractivity contribution in [2.45, 2.75) is 6.92 Å². The maximum atomic E-state index is 12.6. The van der Waals surface area contributed by atoms with Gasteiger partial charge in [0.15, 0.2) is 0 Å². The molecule has 0 saturated carbocycles. The summed E-state index contributed by atoms with van der Waals surface area (Å²) in [7, 11) is 0. The van der Waals surface area contributed by atoms with Crippen molar-refractivity contribution < 1.29 is 14.3 Å². The fourth-order valence-corrected chi connectivity index (χ4v) is 1.94. The summed E-state index contributed by atoms with van der Waals surface area (Å²) >= 11 is 5.92. The van der Waals surface area contributed by atoms with Crippen molar-refractivity contribution in [3.8, 4) is 0 Å². The molecule has 0 fully saturated rings. The summed E-state index contributed by atoms with van der Waals surface area (Å²) in [5.74, 6) is -1.30. The molecule has 0 aromatic carbocycles. The van der Waals surface area contributed by atoms with E-state index in [1.54, 1.807) is 37.5 Å². The molecule has 7 heteroatoms. The summed E-state index contributed by atoms with van der Waals surface area (Å²) in [6, 6.07) is 6.46. The average molecular weight is 332 g/mol. The number of nitrogens with zero attached hydrogens (tertiary/aromatic N) is 2. The van der Waals surface area contributed by atoms with Crippen LogP contribution in [-0.2, 0) is 9.53 Å². The van der Waals surface area contributed by atoms with Gasteiger partial charge in [-0.2, -0.15) is 0 Å². The minimum Gasteiger partial charge on any atom is -0.462 e. The van der Waals surface area contributed by atoms with Gasteiger partial charge in [0.2, 0.25) is 5.78 Å². The van der Waals surface area contributed by atoms with Crippen LogP contribution in [0.15, 0.2) is 54.6 Å². The molecule has 2 rings (SSSR count). The Morgan fingerprint density at radius 3 is 2.65 bits per heavy atom. The quantitative estimate of drug-likeness (QED) is 0.219. The predicted octanol–water partition coefficient (Wildman–Crippen LogP) is 2.87. The lowest BCUT2D eigenvalue weighted by atomic mass is 10.1. The van der Waals surface area contributed by atoms with Gasteiger partial charge in [-0.25, -0.2) is 9.78 Å². The fraction of sp³-hybridized carbons (Fsp3) is 0.125. The zero-order chi connectivity index (χ0) is 16.7. The van der Waals surface area contributed by atoms with Crippen molar-refractivity contribution in [1.29, 1.82) is 0 Å². The molecule has 0 amide bonds. The molecule has 2 aromatic rings. The molecule has 0 aliphatic heterocycles. The fourth-order valence-electron chi connectivity index (χ4n) is 1.73. The Labute approximate surface area is 138 Å². The number of ketones is 1. The number of esters is 1. The van der Waals surface area contributed by atoms with Gasteiger partial charge in [-0.1, -0.05) is 11.6 Å². The highest BCUT2D eigenvalue weighted by molar-refractivity contribution is 6.36. The number of halogens is 1. The molecule has 0 saturated heterocycles. The number of pyridine rings is 2. The summed E-state index contributed by atoms with van der Waals surface area (Å²) in [6.07, 6.45) is 5.92. The zero-order valence-electron chi connectivity index (χ0n) is 12.3. The highest BCUT2D eigenvalue weighted by atomic mass is 35.5. The second-order valence-corrected chi connectivity index (χ2v) is 4.69. The Morgan fingerprint density at radius 1 is 1.26 bits per heavy atom. The van der Waals surface area contributed by atoms with Gasteiger partial charge >= 0.3 is 5.97 Å². The average Bonchev–Trinajstić information content (AvgIpc) is 2.56. The van der Waals surface area contributed by atoms with Gasteiger partial charge in [0.25, 0.3) is 0 Å². The lowest BCUT2D eigenvalue weighted by Crippen LogP contribution is -2.18. The molecular formula is C16H14ClN3O3. The number of Topliss-reactive ketones (excluding diaryl/α,β-unsaturated/α-hetero) is 1. The van der Waals surface area contributed by atoms with Crippen LogP contribution < -0.4 is 5.32 Å². The third-order valence-electron chi connectivity index (χ3n) is 2.81. The van der Waals surface area contributed by atoms with Gasteiger partial charge < -0.3 is 10.1 Å². The van der Waals surface area contributed by atoms with Gasteiger partial charge in [-0.3, -0.25) is 9.78 Å². The molecule has 1 N–H and O–H groups in total. The Hall–Kier alpha value is -2.73. The lowest BCUT2D eigenvalue weighted by molar-refractivity contribution is -0.138. The first-order valence-electron chi connectivity index (χ1n) is 6.82. The van der Waals surface area contributed by atoms with Crippen LogP contribution in [0.3, 0.4) is 0 Å². The third kappa shape index (κ3) is 4.37. The minimum absolute atomic E-state index is 0.0246. The number of carbonyl (C=O) groups is 2. The standard InChI is InChI=1S/C16H14ClN3O3/c1-2-23-16(22)13(10-20-11-5-8-18-9-6-11)14(21)12-4-3-7-19-15(12)17/h3-10H,2H2,1H3,(H,18,20). The van der Waals surface area contributed by atoms with Crippen molar-refractivity contribution in [2.24, 2.45) is 0 Å². The van der Waals surface area contributed by atoms with Crippen LogP contribution in [0.25, 0.3) is 0 Å². The molecule has 0 spiro atoms. The molecule has 0 unspecified atom stereocenters. The van der Waals surface area contributed by atoms with Gasteiger partial charge in [0.05, 0.1) is 12.2 Å². The second-order valence-electron chi connectivity index (χ2n) is 4.33. The van der Waals surface area contributed by atoms with E-state index < -0.39 is 11.8 Å². The number of hydrogen-bond donors (Lipinski definition) is 1. The molecule has 6 nitrogen and oxygen atoms in total. The van der Waals surface area contributed by atoms with Crippen molar-refractivity contribution in [3.05, 3.63) is 65.3 Å². The first-order valence-corrected chi connectivity index (χ1v) is 7.20. The monoisotopic (exact) mass is 331 g/mol. The molecule has 118 valence electrons. The van der Waals surface area contributed by atoms with E-state index in [0.29, 0.717) is 5.69 Å². The number of ether oxygens (including phenoxy) is 1.